The fraction of sp³-hybridized carbons (Fsp3) is 0.545. The third-order valence-corrected chi connectivity index (χ3v) is 3.82. The highest BCUT2D eigenvalue weighted by Crippen LogP contribution is 2.31. The molecule has 0 unspecified atom stereocenters. The molecule has 1 amide bonds. The zero-order valence-electron chi connectivity index (χ0n) is 10.4. The molecule has 1 aliphatic rings. The minimum Gasteiger partial charge on any atom is -0.339 e. The Morgan fingerprint density at radius 2 is 2.53 bits per heavy atom. The zero-order valence-corrected chi connectivity index (χ0v) is 11.3. The molecule has 0 radical (unpaired) electrons. The largest absolute Gasteiger partial charge is 0.339 e. The monoisotopic (exact) mass is 279 g/mol. The number of hydrogen-bond donors (Lipinski definition) is 0. The van der Waals surface area contributed by atoms with E-state index in [0.717, 1.165) is 24.4 Å². The van der Waals surface area contributed by atoms with E-state index in [0.29, 0.717) is 29.6 Å². The van der Waals surface area contributed by atoms with Crippen LogP contribution in [0.1, 0.15) is 47.2 Å². The van der Waals surface area contributed by atoms with Gasteiger partial charge in [0.2, 0.25) is 5.89 Å². The van der Waals surface area contributed by atoms with Gasteiger partial charge in [-0.15, -0.1) is 5.10 Å². The fourth-order valence-electron chi connectivity index (χ4n) is 2.23. The van der Waals surface area contributed by atoms with Crippen LogP contribution in [0.4, 0.5) is 0 Å². The van der Waals surface area contributed by atoms with Crippen molar-refractivity contribution < 1.29 is 9.32 Å². The lowest BCUT2D eigenvalue weighted by molar-refractivity contribution is 0.0733. The Morgan fingerprint density at radius 3 is 3.21 bits per heavy atom. The number of carbonyl (C=O) groups excluding carboxylic acids is 1. The minimum atomic E-state index is -0.0985. The molecule has 19 heavy (non-hydrogen) atoms. The zero-order chi connectivity index (χ0) is 13.2. The topological polar surface area (TPSA) is 85.0 Å². The van der Waals surface area contributed by atoms with Crippen molar-refractivity contribution in [2.45, 2.75) is 32.2 Å². The van der Waals surface area contributed by atoms with Gasteiger partial charge in [-0.05, 0) is 24.4 Å². The molecule has 8 heteroatoms. The summed E-state index contributed by atoms with van der Waals surface area (Å²) in [6.07, 6.45) is 4.00. The highest BCUT2D eigenvalue weighted by atomic mass is 32.1. The Labute approximate surface area is 113 Å². The van der Waals surface area contributed by atoms with Crippen LogP contribution in [0.3, 0.4) is 0 Å². The van der Waals surface area contributed by atoms with Crippen LogP contribution in [0.15, 0.2) is 10.7 Å². The first-order valence-corrected chi connectivity index (χ1v) is 6.97. The molecule has 0 aromatic carbocycles. The van der Waals surface area contributed by atoms with Gasteiger partial charge in [0.1, 0.15) is 4.88 Å². The lowest BCUT2D eigenvalue weighted by atomic mass is 10.2. The van der Waals surface area contributed by atoms with Crippen molar-refractivity contribution in [3.63, 3.8) is 0 Å². The van der Waals surface area contributed by atoms with Crippen LogP contribution in [0.25, 0.3) is 0 Å². The van der Waals surface area contributed by atoms with Crippen LogP contribution in [-0.2, 0) is 6.42 Å². The quantitative estimate of drug-likeness (QED) is 0.845. The number of aryl methyl sites for hydroxylation is 1. The van der Waals surface area contributed by atoms with E-state index in [9.17, 15) is 4.79 Å². The molecule has 3 rings (SSSR count). The first-order valence-electron chi connectivity index (χ1n) is 6.20. The molecule has 0 spiro atoms. The normalized spacial score (nSPS) is 19.0. The Balaban J connectivity index is 1.83. The standard InChI is InChI=1S/C11H13N5O2S/c1-2-9-13-10(14-18-9)7-4-3-5-16(7)11(17)8-6-12-15-19-8/h6-7H,2-5H2,1H3/t7-/m0/s1. The second-order valence-electron chi connectivity index (χ2n) is 4.34. The average molecular weight is 279 g/mol. The molecule has 1 atom stereocenters. The van der Waals surface area contributed by atoms with E-state index in [1.807, 2.05) is 6.92 Å². The van der Waals surface area contributed by atoms with Gasteiger partial charge in [0.05, 0.1) is 12.2 Å². The highest BCUT2D eigenvalue weighted by Gasteiger charge is 2.34. The summed E-state index contributed by atoms with van der Waals surface area (Å²) in [6.45, 7) is 2.66. The lowest BCUT2D eigenvalue weighted by Crippen LogP contribution is -2.30. The molecular formula is C11H13N5O2S. The van der Waals surface area contributed by atoms with Crippen molar-refractivity contribution in [3.05, 3.63) is 22.8 Å². The summed E-state index contributed by atoms with van der Waals surface area (Å²) >= 11 is 1.11. The van der Waals surface area contributed by atoms with Crippen LogP contribution >= 0.6 is 11.5 Å². The molecule has 0 saturated carbocycles. The summed E-state index contributed by atoms with van der Waals surface area (Å²) in [4.78, 5) is 19.0. The Hall–Kier alpha value is -1.83. The van der Waals surface area contributed by atoms with Crippen LogP contribution < -0.4 is 0 Å². The average Bonchev–Trinajstić information content (AvgIpc) is 3.16. The summed E-state index contributed by atoms with van der Waals surface area (Å²) in [5.41, 5.74) is 0. The second kappa shape index (κ2) is 5.04. The first-order chi connectivity index (χ1) is 9.29. The van der Waals surface area contributed by atoms with Crippen molar-refractivity contribution in [1.82, 2.24) is 24.6 Å². The third-order valence-electron chi connectivity index (χ3n) is 3.17. The smallest absolute Gasteiger partial charge is 0.267 e. The first kappa shape index (κ1) is 12.2. The number of aromatic nitrogens is 4. The van der Waals surface area contributed by atoms with Crippen LogP contribution in [0, 0.1) is 0 Å². The maximum absolute atomic E-state index is 12.3. The van der Waals surface area contributed by atoms with Crippen LogP contribution in [0.2, 0.25) is 0 Å². The molecule has 7 nitrogen and oxygen atoms in total. The van der Waals surface area contributed by atoms with E-state index in [2.05, 4.69) is 19.7 Å². The minimum absolute atomic E-state index is 0.0552. The maximum atomic E-state index is 12.3. The van der Waals surface area contributed by atoms with Crippen LogP contribution in [0.5, 0.6) is 0 Å². The van der Waals surface area contributed by atoms with Gasteiger partial charge in [0, 0.05) is 13.0 Å². The summed E-state index contributed by atoms with van der Waals surface area (Å²) in [5.74, 6) is 1.15. The molecule has 100 valence electrons. The molecule has 0 bridgehead atoms. The van der Waals surface area contributed by atoms with E-state index in [1.54, 1.807) is 4.90 Å². The Morgan fingerprint density at radius 1 is 1.63 bits per heavy atom. The lowest BCUT2D eigenvalue weighted by Gasteiger charge is -2.20. The van der Waals surface area contributed by atoms with Gasteiger partial charge in [-0.3, -0.25) is 4.79 Å². The number of rotatable bonds is 3. The van der Waals surface area contributed by atoms with Crippen LogP contribution in [-0.4, -0.2) is 37.1 Å². The fourth-order valence-corrected chi connectivity index (χ4v) is 2.70. The molecule has 2 aromatic heterocycles. The van der Waals surface area contributed by atoms with Crippen molar-refractivity contribution >= 4 is 17.4 Å². The van der Waals surface area contributed by atoms with E-state index in [-0.39, 0.29) is 11.9 Å². The van der Waals surface area contributed by atoms with Gasteiger partial charge >= 0.3 is 0 Å². The molecule has 0 N–H and O–H groups in total. The number of amides is 1. The van der Waals surface area contributed by atoms with Gasteiger partial charge in [-0.1, -0.05) is 16.6 Å². The van der Waals surface area contributed by atoms with Gasteiger partial charge in [-0.25, -0.2) is 0 Å². The number of carbonyl (C=O) groups is 1. The summed E-state index contributed by atoms with van der Waals surface area (Å²) in [7, 11) is 0. The highest BCUT2D eigenvalue weighted by molar-refractivity contribution is 7.07. The van der Waals surface area contributed by atoms with Crippen molar-refractivity contribution in [1.29, 1.82) is 0 Å². The molecular weight excluding hydrogens is 266 g/mol. The molecule has 1 fully saturated rings. The predicted molar refractivity (Wildman–Crippen MR) is 66.6 cm³/mol. The van der Waals surface area contributed by atoms with Crippen molar-refractivity contribution in [2.24, 2.45) is 0 Å². The van der Waals surface area contributed by atoms with Gasteiger partial charge < -0.3 is 9.42 Å². The molecule has 3 heterocycles. The third kappa shape index (κ3) is 2.23. The number of nitrogens with zero attached hydrogens (tertiary/aromatic N) is 5. The molecule has 1 saturated heterocycles. The Kier molecular flexibility index (Phi) is 3.24. The van der Waals surface area contributed by atoms with Crippen molar-refractivity contribution in [2.75, 3.05) is 6.54 Å². The Bertz CT molecular complexity index is 567. The van der Waals surface area contributed by atoms with E-state index >= 15 is 0 Å². The number of hydrogen-bond acceptors (Lipinski definition) is 7. The SMILES string of the molecule is CCc1nc([C@@H]2CCCN2C(=O)c2cnns2)no1. The second-order valence-corrected chi connectivity index (χ2v) is 5.12. The molecule has 2 aromatic rings. The van der Waals surface area contributed by atoms with E-state index in [4.69, 9.17) is 4.52 Å². The van der Waals surface area contributed by atoms with Gasteiger partial charge in [0.15, 0.2) is 5.82 Å². The molecule has 1 aliphatic heterocycles. The maximum Gasteiger partial charge on any atom is 0.267 e. The van der Waals surface area contributed by atoms with E-state index < -0.39 is 0 Å². The van der Waals surface area contributed by atoms with Crippen molar-refractivity contribution in [3.8, 4) is 0 Å². The summed E-state index contributed by atoms with van der Waals surface area (Å²) in [6, 6.07) is -0.0985. The van der Waals surface area contributed by atoms with Gasteiger partial charge in [0.25, 0.3) is 5.91 Å². The number of likely N-dealkylation sites (tertiary alicyclic amines) is 1. The predicted octanol–water partition coefficient (Wildman–Crippen LogP) is 1.46. The summed E-state index contributed by atoms with van der Waals surface area (Å²) in [5, 5.41) is 7.68. The van der Waals surface area contributed by atoms with E-state index in [1.165, 1.54) is 6.20 Å². The van der Waals surface area contributed by atoms with Gasteiger partial charge in [-0.2, -0.15) is 4.98 Å². The summed E-state index contributed by atoms with van der Waals surface area (Å²) < 4.78 is 8.85. The molecule has 0 aliphatic carbocycles.